The number of hydrogen-bond donors (Lipinski definition) is 0. The molecule has 7 heteroatoms. The molecular weight excluding hydrogens is 328 g/mol. The lowest BCUT2D eigenvalue weighted by Gasteiger charge is -2.07. The second-order valence-corrected chi connectivity index (χ2v) is 5.03. The van der Waals surface area contributed by atoms with Crippen LogP contribution < -0.4 is 0 Å². The molecule has 0 radical (unpaired) electrons. The summed E-state index contributed by atoms with van der Waals surface area (Å²) in [5.41, 5.74) is 0.293. The van der Waals surface area contributed by atoms with Crippen molar-refractivity contribution in [3.63, 3.8) is 0 Å². The van der Waals surface area contributed by atoms with Crippen molar-refractivity contribution >= 4 is 17.7 Å². The maximum Gasteiger partial charge on any atom is 0.379 e. The molecular formula is C18H24O7. The van der Waals surface area contributed by atoms with Gasteiger partial charge in [0.25, 0.3) is 5.78 Å². The quantitative estimate of drug-likeness (QED) is 0.231. The highest BCUT2D eigenvalue weighted by atomic mass is 16.6. The van der Waals surface area contributed by atoms with Crippen molar-refractivity contribution in [1.29, 1.82) is 0 Å². The van der Waals surface area contributed by atoms with Gasteiger partial charge in [-0.05, 0) is 6.42 Å². The summed E-state index contributed by atoms with van der Waals surface area (Å²) >= 11 is 0. The molecule has 0 aliphatic rings. The van der Waals surface area contributed by atoms with Gasteiger partial charge in [-0.15, -0.1) is 0 Å². The molecule has 1 rings (SSSR count). The fourth-order valence-electron chi connectivity index (χ4n) is 1.78. The Bertz CT molecular complexity index is 527. The smallest absolute Gasteiger partial charge is 0.379 e. The summed E-state index contributed by atoms with van der Waals surface area (Å²) < 4.78 is 20.2. The summed E-state index contributed by atoms with van der Waals surface area (Å²) in [6, 6.07) is 8.21. The van der Waals surface area contributed by atoms with Crippen molar-refractivity contribution in [2.75, 3.05) is 39.6 Å². The molecule has 0 spiro atoms. The Hall–Kier alpha value is -2.25. The van der Waals surface area contributed by atoms with E-state index in [-0.39, 0.29) is 25.8 Å². The highest BCUT2D eigenvalue weighted by Crippen LogP contribution is 2.01. The topological polar surface area (TPSA) is 88.1 Å². The predicted octanol–water partition coefficient (Wildman–Crippen LogP) is 1.79. The van der Waals surface area contributed by atoms with E-state index in [0.717, 1.165) is 6.42 Å². The molecule has 25 heavy (non-hydrogen) atoms. The Balaban J connectivity index is 1.96. The van der Waals surface area contributed by atoms with Crippen molar-refractivity contribution in [3.8, 4) is 0 Å². The Morgan fingerprint density at radius 3 is 1.96 bits per heavy atom. The summed E-state index contributed by atoms with van der Waals surface area (Å²) in [6.07, 6.45) is 1.17. The molecule has 0 bridgehead atoms. The summed E-state index contributed by atoms with van der Waals surface area (Å²) in [6.45, 7) is 3.24. The van der Waals surface area contributed by atoms with Crippen LogP contribution in [0.25, 0.3) is 0 Å². The van der Waals surface area contributed by atoms with Crippen LogP contribution in [0.3, 0.4) is 0 Å². The molecule has 0 heterocycles. The van der Waals surface area contributed by atoms with E-state index in [1.807, 2.05) is 6.92 Å². The molecule has 0 unspecified atom stereocenters. The van der Waals surface area contributed by atoms with Crippen molar-refractivity contribution in [3.05, 3.63) is 35.9 Å². The number of carbonyl (C=O) groups excluding carboxylic acids is 3. The number of rotatable bonds is 13. The van der Waals surface area contributed by atoms with Crippen LogP contribution in [0.2, 0.25) is 0 Å². The zero-order chi connectivity index (χ0) is 18.3. The first-order valence-electron chi connectivity index (χ1n) is 8.22. The monoisotopic (exact) mass is 352 g/mol. The molecule has 0 aromatic heterocycles. The van der Waals surface area contributed by atoms with E-state index in [1.54, 1.807) is 30.3 Å². The minimum Gasteiger partial charge on any atom is -0.463 e. The average molecular weight is 352 g/mol. The number of hydrogen-bond acceptors (Lipinski definition) is 7. The molecule has 138 valence electrons. The normalized spacial score (nSPS) is 10.3. The maximum atomic E-state index is 11.7. The van der Waals surface area contributed by atoms with Gasteiger partial charge in [0.1, 0.15) is 13.2 Å². The first kappa shape index (κ1) is 20.8. The van der Waals surface area contributed by atoms with Crippen molar-refractivity contribution in [1.82, 2.24) is 0 Å². The molecule has 7 nitrogen and oxygen atoms in total. The molecule has 0 saturated heterocycles. The van der Waals surface area contributed by atoms with Gasteiger partial charge >= 0.3 is 11.9 Å². The molecule has 0 amide bonds. The largest absolute Gasteiger partial charge is 0.463 e. The van der Waals surface area contributed by atoms with Gasteiger partial charge in [0.05, 0.1) is 26.4 Å². The van der Waals surface area contributed by atoms with E-state index >= 15 is 0 Å². The third kappa shape index (κ3) is 9.59. The Kier molecular flexibility index (Phi) is 10.9. The molecule has 0 fully saturated rings. The minimum absolute atomic E-state index is 0.00790. The number of carbonyl (C=O) groups is 3. The molecule has 0 aliphatic heterocycles. The number of esters is 2. The number of benzene rings is 1. The Morgan fingerprint density at radius 2 is 1.36 bits per heavy atom. The van der Waals surface area contributed by atoms with Crippen LogP contribution in [0.1, 0.15) is 30.1 Å². The van der Waals surface area contributed by atoms with Gasteiger partial charge in [0.2, 0.25) is 0 Å². The van der Waals surface area contributed by atoms with Crippen LogP contribution in [0.5, 0.6) is 0 Å². The van der Waals surface area contributed by atoms with Gasteiger partial charge in [0.15, 0.2) is 0 Å². The van der Waals surface area contributed by atoms with Gasteiger partial charge in [0, 0.05) is 12.0 Å². The van der Waals surface area contributed by atoms with Crippen LogP contribution in [0.15, 0.2) is 30.3 Å². The number of ether oxygens (including phenoxy) is 4. The predicted molar refractivity (Wildman–Crippen MR) is 89.2 cm³/mol. The van der Waals surface area contributed by atoms with Crippen molar-refractivity contribution in [2.24, 2.45) is 0 Å². The zero-order valence-corrected chi connectivity index (χ0v) is 14.4. The van der Waals surface area contributed by atoms with Crippen LogP contribution in [-0.2, 0) is 28.5 Å². The lowest BCUT2D eigenvalue weighted by molar-refractivity contribution is -0.145. The van der Waals surface area contributed by atoms with Gasteiger partial charge in [-0.3, -0.25) is 9.59 Å². The number of ketones is 1. The zero-order valence-electron chi connectivity index (χ0n) is 14.4. The molecule has 0 N–H and O–H groups in total. The third-order valence-electron chi connectivity index (χ3n) is 3.00. The van der Waals surface area contributed by atoms with Gasteiger partial charge in [-0.2, -0.15) is 0 Å². The van der Waals surface area contributed by atoms with E-state index in [9.17, 15) is 14.4 Å². The molecule has 0 atom stereocenters. The van der Waals surface area contributed by atoms with E-state index in [2.05, 4.69) is 0 Å². The second-order valence-electron chi connectivity index (χ2n) is 5.03. The highest BCUT2D eigenvalue weighted by Gasteiger charge is 2.16. The summed E-state index contributed by atoms with van der Waals surface area (Å²) in [4.78, 5) is 34.4. The van der Waals surface area contributed by atoms with Crippen LogP contribution >= 0.6 is 0 Å². The highest BCUT2D eigenvalue weighted by molar-refractivity contribution is 6.40. The maximum absolute atomic E-state index is 11.7. The summed E-state index contributed by atoms with van der Waals surface area (Å²) in [5, 5.41) is 0. The summed E-state index contributed by atoms with van der Waals surface area (Å²) in [7, 11) is 0. The van der Waals surface area contributed by atoms with Crippen LogP contribution in [0, 0.1) is 0 Å². The Labute approximate surface area is 147 Å². The van der Waals surface area contributed by atoms with Crippen molar-refractivity contribution < 1.29 is 33.3 Å². The summed E-state index contributed by atoms with van der Waals surface area (Å²) in [5.74, 6) is -1.81. The third-order valence-corrected chi connectivity index (χ3v) is 3.00. The SMILES string of the molecule is CCCC(=O)OCCOCCOCCOC(=O)C(=O)c1ccccc1. The molecule has 1 aromatic carbocycles. The first-order chi connectivity index (χ1) is 12.1. The number of Topliss-reactive ketones (excluding diaryl/α,β-unsaturated/α-hetero) is 1. The van der Waals surface area contributed by atoms with Gasteiger partial charge < -0.3 is 18.9 Å². The van der Waals surface area contributed by atoms with E-state index in [1.165, 1.54) is 0 Å². The molecule has 0 saturated carbocycles. The minimum atomic E-state index is -0.903. The average Bonchev–Trinajstić information content (AvgIpc) is 2.63. The second kappa shape index (κ2) is 13.1. The van der Waals surface area contributed by atoms with Gasteiger partial charge in [-0.25, -0.2) is 4.79 Å². The fourth-order valence-corrected chi connectivity index (χ4v) is 1.78. The van der Waals surface area contributed by atoms with Crippen LogP contribution in [-0.4, -0.2) is 57.4 Å². The Morgan fingerprint density at radius 1 is 0.800 bits per heavy atom. The standard InChI is InChI=1S/C18H24O7/c1-2-6-16(19)24-13-11-22-9-10-23-12-14-25-18(21)17(20)15-7-4-3-5-8-15/h3-5,7-8H,2,6,9-14H2,1H3. The first-order valence-corrected chi connectivity index (χ1v) is 8.22. The molecule has 0 aliphatic carbocycles. The fraction of sp³-hybridized carbons (Fsp3) is 0.500. The lowest BCUT2D eigenvalue weighted by Crippen LogP contribution is -2.20. The van der Waals surface area contributed by atoms with Crippen molar-refractivity contribution in [2.45, 2.75) is 19.8 Å². The van der Waals surface area contributed by atoms with E-state index in [0.29, 0.717) is 31.8 Å². The van der Waals surface area contributed by atoms with E-state index in [4.69, 9.17) is 18.9 Å². The molecule has 1 aromatic rings. The lowest BCUT2D eigenvalue weighted by atomic mass is 10.1. The van der Waals surface area contributed by atoms with Crippen LogP contribution in [0.4, 0.5) is 0 Å². The van der Waals surface area contributed by atoms with Gasteiger partial charge in [-0.1, -0.05) is 37.3 Å². The van der Waals surface area contributed by atoms with E-state index < -0.39 is 11.8 Å².